The Morgan fingerprint density at radius 2 is 2.19 bits per heavy atom. The average molecular weight is 377 g/mol. The molecule has 7 nitrogen and oxygen atoms in total. The van der Waals surface area contributed by atoms with Crippen LogP contribution in [0.2, 0.25) is 0 Å². The van der Waals surface area contributed by atoms with Crippen molar-refractivity contribution in [3.8, 4) is 5.75 Å². The molecule has 3 rings (SSSR count). The Balaban J connectivity index is 1.39. The lowest BCUT2D eigenvalue weighted by Gasteiger charge is -2.31. The van der Waals surface area contributed by atoms with Gasteiger partial charge in [-0.3, -0.25) is 9.69 Å². The van der Waals surface area contributed by atoms with Crippen molar-refractivity contribution in [2.75, 3.05) is 53.1 Å². The zero-order valence-electron chi connectivity index (χ0n) is 16.1. The van der Waals surface area contributed by atoms with Crippen LogP contribution in [0.15, 0.2) is 24.3 Å². The fourth-order valence-corrected chi connectivity index (χ4v) is 3.40. The second-order valence-electron chi connectivity index (χ2n) is 7.10. The first-order valence-corrected chi connectivity index (χ1v) is 9.82. The lowest BCUT2D eigenvalue weighted by molar-refractivity contribution is -0.134. The predicted octanol–water partition coefficient (Wildman–Crippen LogP) is 0.781. The maximum Gasteiger partial charge on any atom is 0.250 e. The summed E-state index contributed by atoms with van der Waals surface area (Å²) in [6, 6.07) is 8.46. The number of hydrogen-bond acceptors (Lipinski definition) is 6. The summed E-state index contributed by atoms with van der Waals surface area (Å²) >= 11 is 0. The molecule has 0 aliphatic carbocycles. The van der Waals surface area contributed by atoms with Gasteiger partial charge in [-0.15, -0.1) is 0 Å². The summed E-state index contributed by atoms with van der Waals surface area (Å²) in [4.78, 5) is 14.5. The van der Waals surface area contributed by atoms with Gasteiger partial charge >= 0.3 is 0 Å². The summed E-state index contributed by atoms with van der Waals surface area (Å²) in [5.74, 6) is 0.754. The van der Waals surface area contributed by atoms with Crippen molar-refractivity contribution in [2.45, 2.75) is 31.5 Å². The lowest BCUT2D eigenvalue weighted by Crippen LogP contribution is -2.47. The number of benzene rings is 1. The zero-order valence-corrected chi connectivity index (χ0v) is 16.1. The summed E-state index contributed by atoms with van der Waals surface area (Å²) < 4.78 is 16.8. The number of nitrogens with one attached hydrogen (secondary N) is 2. The summed E-state index contributed by atoms with van der Waals surface area (Å²) in [6.07, 6.45) is 1.77. The van der Waals surface area contributed by atoms with Crippen molar-refractivity contribution in [1.29, 1.82) is 0 Å². The van der Waals surface area contributed by atoms with E-state index in [0.29, 0.717) is 32.3 Å². The highest BCUT2D eigenvalue weighted by molar-refractivity contribution is 5.81. The predicted molar refractivity (Wildman–Crippen MR) is 103 cm³/mol. The molecule has 2 fully saturated rings. The number of ether oxygens (including phenoxy) is 3. The van der Waals surface area contributed by atoms with E-state index in [1.165, 1.54) is 0 Å². The highest BCUT2D eigenvalue weighted by Gasteiger charge is 2.21. The topological polar surface area (TPSA) is 72.1 Å². The van der Waals surface area contributed by atoms with Gasteiger partial charge in [0.05, 0.1) is 6.61 Å². The van der Waals surface area contributed by atoms with Gasteiger partial charge in [-0.2, -0.15) is 0 Å². The molecule has 0 bridgehead atoms. The van der Waals surface area contributed by atoms with Crippen molar-refractivity contribution >= 4 is 5.91 Å². The van der Waals surface area contributed by atoms with Crippen LogP contribution >= 0.6 is 0 Å². The molecular formula is C20H31N3O4. The maximum atomic E-state index is 12.1. The first-order chi connectivity index (χ1) is 13.2. The van der Waals surface area contributed by atoms with Crippen LogP contribution in [0.3, 0.4) is 0 Å². The van der Waals surface area contributed by atoms with Gasteiger partial charge in [0.25, 0.3) is 5.91 Å². The van der Waals surface area contributed by atoms with E-state index in [2.05, 4.69) is 22.6 Å². The van der Waals surface area contributed by atoms with Gasteiger partial charge in [0.15, 0.2) is 0 Å². The van der Waals surface area contributed by atoms with E-state index < -0.39 is 6.10 Å². The zero-order chi connectivity index (χ0) is 18.9. The third kappa shape index (κ3) is 6.46. The van der Waals surface area contributed by atoms with Gasteiger partial charge in [-0.1, -0.05) is 12.1 Å². The molecule has 2 aliphatic heterocycles. The number of carbonyl (C=O) groups excluding carboxylic acids is 1. The quantitative estimate of drug-likeness (QED) is 0.698. The minimum atomic E-state index is -0.404. The molecule has 2 heterocycles. The van der Waals surface area contributed by atoms with E-state index in [9.17, 15) is 4.79 Å². The Bertz CT molecular complexity index is 586. The van der Waals surface area contributed by atoms with Crippen molar-refractivity contribution in [3.63, 3.8) is 0 Å². The monoisotopic (exact) mass is 377 g/mol. The summed E-state index contributed by atoms with van der Waals surface area (Å²) in [6.45, 7) is 5.64. The van der Waals surface area contributed by atoms with Gasteiger partial charge in [-0.25, -0.2) is 0 Å². The molecule has 0 saturated carbocycles. The van der Waals surface area contributed by atoms with Crippen LogP contribution < -0.4 is 15.4 Å². The minimum absolute atomic E-state index is 0.0772. The standard InChI is InChI=1S/C20H31N3O4/c1-23(17-5-9-25-10-6-17)8-12-26-18-4-2-3-16(13-18)14-22-20(24)19-15-21-7-11-27-19/h2-4,13,17,19,21H,5-12,14-15H2,1H3,(H,22,24). The highest BCUT2D eigenvalue weighted by atomic mass is 16.5. The number of likely N-dealkylation sites (N-methyl/N-ethyl adjacent to an activating group) is 1. The molecule has 27 heavy (non-hydrogen) atoms. The fourth-order valence-electron chi connectivity index (χ4n) is 3.40. The summed E-state index contributed by atoms with van der Waals surface area (Å²) in [5, 5.41) is 6.10. The Kier molecular flexibility index (Phi) is 7.89. The minimum Gasteiger partial charge on any atom is -0.492 e. The summed E-state index contributed by atoms with van der Waals surface area (Å²) in [5.41, 5.74) is 1.02. The van der Waals surface area contributed by atoms with E-state index in [4.69, 9.17) is 14.2 Å². The fraction of sp³-hybridized carbons (Fsp3) is 0.650. The SMILES string of the molecule is CN(CCOc1cccc(CNC(=O)C2CNCCO2)c1)C1CCOCC1. The van der Waals surface area contributed by atoms with Gasteiger partial charge in [0.2, 0.25) is 0 Å². The third-order valence-electron chi connectivity index (χ3n) is 5.11. The van der Waals surface area contributed by atoms with E-state index >= 15 is 0 Å². The van der Waals surface area contributed by atoms with Gasteiger partial charge in [0.1, 0.15) is 18.5 Å². The Labute approximate surface area is 161 Å². The molecule has 2 saturated heterocycles. The van der Waals surface area contributed by atoms with Crippen LogP contribution in [0.25, 0.3) is 0 Å². The smallest absolute Gasteiger partial charge is 0.250 e. The Morgan fingerprint density at radius 1 is 1.33 bits per heavy atom. The first kappa shape index (κ1) is 20.1. The third-order valence-corrected chi connectivity index (χ3v) is 5.11. The maximum absolute atomic E-state index is 12.1. The molecule has 1 aromatic carbocycles. The molecule has 1 unspecified atom stereocenters. The normalized spacial score (nSPS) is 21.2. The van der Waals surface area contributed by atoms with E-state index in [-0.39, 0.29) is 5.91 Å². The average Bonchev–Trinajstić information content (AvgIpc) is 2.73. The van der Waals surface area contributed by atoms with Crippen LogP contribution in [0, 0.1) is 0 Å². The van der Waals surface area contributed by atoms with Crippen LogP contribution in [0.4, 0.5) is 0 Å². The van der Waals surface area contributed by atoms with Gasteiger partial charge in [-0.05, 0) is 37.6 Å². The largest absolute Gasteiger partial charge is 0.492 e. The van der Waals surface area contributed by atoms with Crippen molar-refractivity contribution in [3.05, 3.63) is 29.8 Å². The molecule has 0 spiro atoms. The van der Waals surface area contributed by atoms with Crippen LogP contribution in [-0.4, -0.2) is 76.1 Å². The molecule has 1 aromatic rings. The van der Waals surface area contributed by atoms with Crippen LogP contribution in [0.1, 0.15) is 18.4 Å². The van der Waals surface area contributed by atoms with Crippen molar-refractivity contribution < 1.29 is 19.0 Å². The number of hydrogen-bond donors (Lipinski definition) is 2. The number of nitrogens with zero attached hydrogens (tertiary/aromatic N) is 1. The van der Waals surface area contributed by atoms with E-state index in [0.717, 1.165) is 50.5 Å². The summed E-state index contributed by atoms with van der Waals surface area (Å²) in [7, 11) is 2.15. The molecule has 7 heteroatoms. The Morgan fingerprint density at radius 3 is 2.96 bits per heavy atom. The molecule has 2 aliphatic rings. The number of rotatable bonds is 8. The number of carbonyl (C=O) groups is 1. The van der Waals surface area contributed by atoms with E-state index in [1.54, 1.807) is 0 Å². The second-order valence-corrected chi connectivity index (χ2v) is 7.10. The van der Waals surface area contributed by atoms with Gasteiger partial charge in [0, 0.05) is 45.4 Å². The van der Waals surface area contributed by atoms with Crippen LogP contribution in [-0.2, 0) is 20.8 Å². The van der Waals surface area contributed by atoms with Crippen molar-refractivity contribution in [2.24, 2.45) is 0 Å². The highest BCUT2D eigenvalue weighted by Crippen LogP contribution is 2.15. The van der Waals surface area contributed by atoms with Crippen LogP contribution in [0.5, 0.6) is 5.75 Å². The molecule has 0 radical (unpaired) electrons. The van der Waals surface area contributed by atoms with E-state index in [1.807, 2.05) is 24.3 Å². The Hall–Kier alpha value is -1.67. The second kappa shape index (κ2) is 10.6. The molecule has 1 atom stereocenters. The number of amides is 1. The molecular weight excluding hydrogens is 346 g/mol. The molecule has 150 valence electrons. The molecule has 2 N–H and O–H groups in total. The van der Waals surface area contributed by atoms with Gasteiger partial charge < -0.3 is 24.8 Å². The molecule has 0 aromatic heterocycles. The first-order valence-electron chi connectivity index (χ1n) is 9.82. The molecule has 1 amide bonds. The van der Waals surface area contributed by atoms with Crippen molar-refractivity contribution in [1.82, 2.24) is 15.5 Å². The lowest BCUT2D eigenvalue weighted by atomic mass is 10.1. The number of morpholine rings is 1.